The second-order valence-corrected chi connectivity index (χ2v) is 3.71. The number of aliphatic carboxylic acids is 1. The van der Waals surface area contributed by atoms with Crippen LogP contribution in [0.25, 0.3) is 0 Å². The van der Waals surface area contributed by atoms with Gasteiger partial charge in [-0.15, -0.1) is 0 Å². The fourth-order valence-electron chi connectivity index (χ4n) is 0.247. The third-order valence-corrected chi connectivity index (χ3v) is 1.76. The Balaban J connectivity index is -0.000000320. The Morgan fingerprint density at radius 2 is 1.82 bits per heavy atom. The summed E-state index contributed by atoms with van der Waals surface area (Å²) in [5.74, 6) is -1.69. The Hall–Kier alpha value is 1.62. The van der Waals surface area contributed by atoms with Crippen LogP contribution in [0, 0.1) is 0 Å². The van der Waals surface area contributed by atoms with Gasteiger partial charge in [-0.25, -0.2) is 0 Å². The Morgan fingerprint density at radius 1 is 1.45 bits per heavy atom. The van der Waals surface area contributed by atoms with Crippen LogP contribution in [0.2, 0.25) is 0 Å². The van der Waals surface area contributed by atoms with E-state index in [9.17, 15) is 19.4 Å². The van der Waals surface area contributed by atoms with Crippen LogP contribution >= 0.6 is 7.37 Å². The van der Waals surface area contributed by atoms with Gasteiger partial charge in [-0.05, 0) is 0 Å². The molecule has 11 heavy (non-hydrogen) atoms. The maximum Gasteiger partial charge on any atom is 1.00 e. The third kappa shape index (κ3) is 11.6. The number of rotatable bonds is 3. The Labute approximate surface area is 108 Å². The van der Waals surface area contributed by atoms with Crippen molar-refractivity contribution in [2.75, 3.05) is 12.5 Å². The Bertz CT molecular complexity index is 160. The average Bonchev–Trinajstić information content (AvgIpc) is 1.63. The molecule has 0 radical (unpaired) electrons. The molecule has 54 valence electrons. The first-order valence-corrected chi connectivity index (χ1v) is 4.07. The molecule has 0 heterocycles. The second kappa shape index (κ2) is 8.23. The SMILES string of the molecule is O=C([O-])CP(=O)([O-])CO.[Na+].[Na+]. The molecular weight excluding hydrogens is 193 g/mol. The number of hydrogen-bond acceptors (Lipinski definition) is 5. The fourth-order valence-corrected chi connectivity index (χ4v) is 0.740. The number of carbonyl (C=O) groups is 1. The van der Waals surface area contributed by atoms with Gasteiger partial charge in [-0.1, -0.05) is 0 Å². The van der Waals surface area contributed by atoms with Gasteiger partial charge in [-0.2, -0.15) is 0 Å². The number of aliphatic hydroxyl groups excluding tert-OH is 1. The van der Waals surface area contributed by atoms with Crippen LogP contribution in [-0.2, 0) is 9.36 Å². The minimum Gasteiger partial charge on any atom is -0.798 e. The van der Waals surface area contributed by atoms with Gasteiger partial charge in [0.15, 0.2) is 0 Å². The quantitative estimate of drug-likeness (QED) is 0.358. The van der Waals surface area contributed by atoms with Crippen molar-refractivity contribution in [2.45, 2.75) is 0 Å². The summed E-state index contributed by atoms with van der Waals surface area (Å²) in [6, 6.07) is 0. The summed E-state index contributed by atoms with van der Waals surface area (Å²) in [5, 5.41) is 17.6. The van der Waals surface area contributed by atoms with E-state index >= 15 is 0 Å². The number of aliphatic hydroxyl groups is 1. The summed E-state index contributed by atoms with van der Waals surface area (Å²) in [6.07, 6.45) is -2.22. The fraction of sp³-hybridized carbons (Fsp3) is 0.667. The number of carboxylic acid groups (broad SMARTS) is 1. The summed E-state index contributed by atoms with van der Waals surface area (Å²) in [5.41, 5.74) is 0. The zero-order chi connectivity index (χ0) is 7.49. The summed E-state index contributed by atoms with van der Waals surface area (Å²) < 4.78 is 10.2. The van der Waals surface area contributed by atoms with Gasteiger partial charge in [0, 0.05) is 19.5 Å². The first-order valence-electron chi connectivity index (χ1n) is 2.08. The van der Waals surface area contributed by atoms with Crippen molar-refractivity contribution in [3.05, 3.63) is 0 Å². The van der Waals surface area contributed by atoms with Crippen molar-refractivity contribution in [2.24, 2.45) is 0 Å². The zero-order valence-corrected chi connectivity index (χ0v) is 11.3. The summed E-state index contributed by atoms with van der Waals surface area (Å²) >= 11 is 0. The topological polar surface area (TPSA) is 100 Å². The number of hydrogen-bond donors (Lipinski definition) is 1. The van der Waals surface area contributed by atoms with Crippen LogP contribution in [0.1, 0.15) is 0 Å². The van der Waals surface area contributed by atoms with Crippen LogP contribution in [0.15, 0.2) is 0 Å². The Morgan fingerprint density at radius 3 is 1.91 bits per heavy atom. The van der Waals surface area contributed by atoms with Crippen LogP contribution in [-0.4, -0.2) is 23.6 Å². The molecule has 0 aromatic rings. The molecule has 5 nitrogen and oxygen atoms in total. The molecule has 1 N–H and O–H groups in total. The average molecular weight is 198 g/mol. The Kier molecular flexibility index (Phi) is 13.8. The van der Waals surface area contributed by atoms with E-state index in [1.165, 1.54) is 0 Å². The van der Waals surface area contributed by atoms with Crippen LogP contribution < -0.4 is 69.1 Å². The molecule has 0 aromatic heterocycles. The van der Waals surface area contributed by atoms with Crippen molar-refractivity contribution in [3.8, 4) is 0 Å². The van der Waals surface area contributed by atoms with Gasteiger partial charge in [0.2, 0.25) is 0 Å². The summed E-state index contributed by atoms with van der Waals surface area (Å²) in [6.45, 7) is 0. The first-order chi connectivity index (χ1) is 3.98. The van der Waals surface area contributed by atoms with Crippen LogP contribution in [0.5, 0.6) is 0 Å². The molecule has 0 spiro atoms. The third-order valence-electron chi connectivity index (χ3n) is 0.585. The molecule has 0 bridgehead atoms. The van der Waals surface area contributed by atoms with E-state index in [1.54, 1.807) is 0 Å². The van der Waals surface area contributed by atoms with E-state index in [0.29, 0.717) is 0 Å². The van der Waals surface area contributed by atoms with Crippen molar-refractivity contribution in [1.82, 2.24) is 0 Å². The van der Waals surface area contributed by atoms with E-state index < -0.39 is 25.8 Å². The molecule has 0 amide bonds. The molecule has 0 saturated carbocycles. The smallest absolute Gasteiger partial charge is 0.798 e. The second-order valence-electron chi connectivity index (χ2n) is 1.49. The molecule has 0 aliphatic heterocycles. The van der Waals surface area contributed by atoms with Crippen LogP contribution in [0.3, 0.4) is 0 Å². The van der Waals surface area contributed by atoms with Gasteiger partial charge in [0.05, 0.1) is 6.35 Å². The minimum atomic E-state index is -4.09. The monoisotopic (exact) mass is 198 g/mol. The van der Waals surface area contributed by atoms with E-state index in [2.05, 4.69) is 0 Å². The van der Waals surface area contributed by atoms with E-state index in [-0.39, 0.29) is 59.1 Å². The minimum absolute atomic E-state index is 0. The molecule has 1 atom stereocenters. The number of carbonyl (C=O) groups excluding carboxylic acids is 1. The van der Waals surface area contributed by atoms with E-state index in [4.69, 9.17) is 5.11 Å². The van der Waals surface area contributed by atoms with Gasteiger partial charge < -0.3 is 24.5 Å². The van der Waals surface area contributed by atoms with Gasteiger partial charge in [0.1, 0.15) is 0 Å². The van der Waals surface area contributed by atoms with Crippen molar-refractivity contribution < 1.29 is 83.6 Å². The van der Waals surface area contributed by atoms with E-state index in [1.807, 2.05) is 0 Å². The standard InChI is InChI=1S/C3H7O5P.2Na/c4-2-9(7,8)1-3(5)6;;/h4H,1-2H2,(H,5,6)(H,7,8);;/q;2*+1/p-2. The predicted molar refractivity (Wildman–Crippen MR) is 24.6 cm³/mol. The van der Waals surface area contributed by atoms with Crippen molar-refractivity contribution in [3.63, 3.8) is 0 Å². The van der Waals surface area contributed by atoms with Gasteiger partial charge >= 0.3 is 59.1 Å². The normalized spacial score (nSPS) is 13.6. The molecule has 0 aliphatic carbocycles. The molecule has 0 fully saturated rings. The zero-order valence-electron chi connectivity index (χ0n) is 6.44. The van der Waals surface area contributed by atoms with Gasteiger partial charge in [-0.3, -0.25) is 0 Å². The molecule has 0 aliphatic rings. The summed E-state index contributed by atoms with van der Waals surface area (Å²) in [7, 11) is -4.09. The summed E-state index contributed by atoms with van der Waals surface area (Å²) in [4.78, 5) is 19.7. The van der Waals surface area contributed by atoms with Crippen molar-refractivity contribution in [1.29, 1.82) is 0 Å². The number of carboxylic acids is 1. The van der Waals surface area contributed by atoms with Gasteiger partial charge in [0.25, 0.3) is 0 Å². The van der Waals surface area contributed by atoms with Crippen LogP contribution in [0.4, 0.5) is 0 Å². The molecule has 0 rings (SSSR count). The molecular formula is C3H5Na2O5P. The van der Waals surface area contributed by atoms with E-state index in [0.717, 1.165) is 0 Å². The molecule has 0 saturated heterocycles. The maximum atomic E-state index is 10.2. The maximum absolute atomic E-state index is 10.2. The van der Waals surface area contributed by atoms with Crippen molar-refractivity contribution >= 4 is 13.3 Å². The largest absolute Gasteiger partial charge is 1.00 e. The first kappa shape index (κ1) is 18.4. The molecule has 8 heteroatoms. The molecule has 0 aromatic carbocycles. The molecule has 1 unspecified atom stereocenters. The predicted octanol–water partition coefficient (Wildman–Crippen LogP) is -8.67.